The lowest BCUT2D eigenvalue weighted by molar-refractivity contribution is 0.138. The van der Waals surface area contributed by atoms with Crippen LogP contribution in [0.2, 0.25) is 0 Å². The quantitative estimate of drug-likeness (QED) is 0.101. The summed E-state index contributed by atoms with van der Waals surface area (Å²) in [6.45, 7) is 6.54. The summed E-state index contributed by atoms with van der Waals surface area (Å²) in [5.74, 6) is 6.13. The molecule has 4 aliphatic carbocycles. The third kappa shape index (κ3) is 14.2. The molecular formula is C42H74O. The van der Waals surface area contributed by atoms with Crippen molar-refractivity contribution in [2.45, 2.75) is 194 Å². The van der Waals surface area contributed by atoms with Gasteiger partial charge in [-0.25, -0.2) is 0 Å². The van der Waals surface area contributed by atoms with Gasteiger partial charge in [-0.15, -0.1) is 0 Å². The Morgan fingerprint density at radius 2 is 0.837 bits per heavy atom. The van der Waals surface area contributed by atoms with Crippen LogP contribution in [-0.2, 0) is 4.74 Å². The Morgan fingerprint density at radius 3 is 1.19 bits per heavy atom. The maximum Gasteiger partial charge on any atom is 0.0503 e. The number of hydrogen-bond acceptors (Lipinski definition) is 1. The van der Waals surface area contributed by atoms with Crippen molar-refractivity contribution in [3.05, 3.63) is 23.3 Å². The van der Waals surface area contributed by atoms with E-state index in [1.165, 1.54) is 180 Å². The van der Waals surface area contributed by atoms with E-state index in [1.54, 1.807) is 11.1 Å². The molecule has 1 nitrogen and oxygen atoms in total. The van der Waals surface area contributed by atoms with Gasteiger partial charge in [0.25, 0.3) is 0 Å². The standard InChI is InChI=1S/C42H74O/c1-3-5-7-9-35-11-15-37(16-12-35)19-21-39-23-27-41(28-24-39)31-33-43-34-32-42-29-25-40(26-30-42)22-20-38-17-13-36(14-18-38)10-8-6-4-2/h27,29,35-40H,3-26,28,30-34H2,1-2H3. The maximum absolute atomic E-state index is 6.14. The van der Waals surface area contributed by atoms with Crippen LogP contribution in [0.15, 0.2) is 23.3 Å². The number of unbranched alkanes of at least 4 members (excludes halogenated alkanes) is 4. The highest BCUT2D eigenvalue weighted by molar-refractivity contribution is 5.07. The molecule has 4 rings (SSSR count). The number of ether oxygens (including phenoxy) is 1. The first-order chi connectivity index (χ1) is 21.2. The minimum absolute atomic E-state index is 0.939. The topological polar surface area (TPSA) is 9.23 Å². The van der Waals surface area contributed by atoms with Crippen molar-refractivity contribution in [1.82, 2.24) is 0 Å². The SMILES string of the molecule is CCCCCC1CCC(CCC2CC=C(CCOCCC3=CCC(CCC4CCC(CCCCC)CC4)CC3)CC2)CC1. The fourth-order valence-electron chi connectivity index (χ4n) is 9.30. The second kappa shape index (κ2) is 21.3. The van der Waals surface area contributed by atoms with Gasteiger partial charge in [0, 0.05) is 0 Å². The van der Waals surface area contributed by atoms with Gasteiger partial charge in [0.05, 0.1) is 13.2 Å². The van der Waals surface area contributed by atoms with E-state index in [2.05, 4.69) is 26.0 Å². The van der Waals surface area contributed by atoms with E-state index < -0.39 is 0 Å². The predicted molar refractivity (Wildman–Crippen MR) is 189 cm³/mol. The van der Waals surface area contributed by atoms with Crippen molar-refractivity contribution in [2.24, 2.45) is 35.5 Å². The predicted octanol–water partition coefficient (Wildman–Crippen LogP) is 13.6. The Labute approximate surface area is 269 Å². The summed E-state index contributed by atoms with van der Waals surface area (Å²) in [4.78, 5) is 0. The Bertz CT molecular complexity index is 698. The molecule has 0 amide bonds. The van der Waals surface area contributed by atoms with Crippen molar-refractivity contribution in [2.75, 3.05) is 13.2 Å². The minimum atomic E-state index is 0.939. The smallest absolute Gasteiger partial charge is 0.0503 e. The molecule has 0 spiro atoms. The van der Waals surface area contributed by atoms with Crippen LogP contribution in [0.5, 0.6) is 0 Å². The highest BCUT2D eigenvalue weighted by Gasteiger charge is 2.24. The molecule has 2 atom stereocenters. The molecule has 0 N–H and O–H groups in total. The molecule has 43 heavy (non-hydrogen) atoms. The van der Waals surface area contributed by atoms with E-state index >= 15 is 0 Å². The van der Waals surface area contributed by atoms with Crippen LogP contribution in [0.3, 0.4) is 0 Å². The van der Waals surface area contributed by atoms with E-state index in [1.807, 2.05) is 0 Å². The fraction of sp³-hybridized carbons (Fsp3) is 0.905. The van der Waals surface area contributed by atoms with Gasteiger partial charge in [0.1, 0.15) is 0 Å². The summed E-state index contributed by atoms with van der Waals surface area (Å²) in [6.07, 6.45) is 45.6. The molecule has 2 fully saturated rings. The average molecular weight is 595 g/mol. The second-order valence-electron chi connectivity index (χ2n) is 16.0. The molecule has 0 heterocycles. The van der Waals surface area contributed by atoms with Crippen LogP contribution in [0.1, 0.15) is 194 Å². The summed E-state index contributed by atoms with van der Waals surface area (Å²) in [5.41, 5.74) is 3.38. The minimum Gasteiger partial charge on any atom is -0.381 e. The molecule has 1 heteroatoms. The monoisotopic (exact) mass is 595 g/mol. The fourth-order valence-corrected chi connectivity index (χ4v) is 9.30. The molecule has 0 saturated heterocycles. The molecule has 0 radical (unpaired) electrons. The Kier molecular flexibility index (Phi) is 17.5. The van der Waals surface area contributed by atoms with E-state index in [-0.39, 0.29) is 0 Å². The Morgan fingerprint density at radius 1 is 0.465 bits per heavy atom. The van der Waals surface area contributed by atoms with Crippen LogP contribution < -0.4 is 0 Å². The molecular weight excluding hydrogens is 520 g/mol. The van der Waals surface area contributed by atoms with Gasteiger partial charge in [-0.2, -0.15) is 0 Å². The second-order valence-corrected chi connectivity index (χ2v) is 16.0. The molecule has 0 aromatic rings. The van der Waals surface area contributed by atoms with Gasteiger partial charge in [-0.05, 0) is 99.7 Å². The number of hydrogen-bond donors (Lipinski definition) is 0. The van der Waals surface area contributed by atoms with Gasteiger partial charge < -0.3 is 4.74 Å². The summed E-state index contributed by atoms with van der Waals surface area (Å²) in [7, 11) is 0. The van der Waals surface area contributed by atoms with Gasteiger partial charge in [-0.3, -0.25) is 0 Å². The van der Waals surface area contributed by atoms with Gasteiger partial charge in [-0.1, -0.05) is 153 Å². The van der Waals surface area contributed by atoms with Crippen LogP contribution in [0, 0.1) is 35.5 Å². The first kappa shape index (κ1) is 35.3. The molecule has 0 aromatic heterocycles. The van der Waals surface area contributed by atoms with Crippen LogP contribution >= 0.6 is 0 Å². The van der Waals surface area contributed by atoms with Crippen molar-refractivity contribution in [3.8, 4) is 0 Å². The molecule has 0 bridgehead atoms. The highest BCUT2D eigenvalue weighted by Crippen LogP contribution is 2.38. The summed E-state index contributed by atoms with van der Waals surface area (Å²) in [5, 5.41) is 0. The molecule has 2 unspecified atom stereocenters. The molecule has 0 aromatic carbocycles. The lowest BCUT2D eigenvalue weighted by Gasteiger charge is -2.30. The first-order valence-electron chi connectivity index (χ1n) is 20.1. The summed E-state index contributed by atoms with van der Waals surface area (Å²) in [6, 6.07) is 0. The zero-order chi connectivity index (χ0) is 30.0. The lowest BCUT2D eigenvalue weighted by atomic mass is 9.76. The maximum atomic E-state index is 6.14. The van der Waals surface area contributed by atoms with Crippen molar-refractivity contribution < 1.29 is 4.74 Å². The van der Waals surface area contributed by atoms with Gasteiger partial charge >= 0.3 is 0 Å². The first-order valence-corrected chi connectivity index (χ1v) is 20.1. The normalized spacial score (nSPS) is 30.2. The summed E-state index contributed by atoms with van der Waals surface area (Å²) < 4.78 is 6.14. The van der Waals surface area contributed by atoms with E-state index in [4.69, 9.17) is 4.74 Å². The molecule has 248 valence electrons. The zero-order valence-electron chi connectivity index (χ0n) is 29.2. The van der Waals surface area contributed by atoms with Crippen molar-refractivity contribution in [3.63, 3.8) is 0 Å². The number of allylic oxidation sites excluding steroid dienone is 2. The zero-order valence-corrected chi connectivity index (χ0v) is 29.2. The largest absolute Gasteiger partial charge is 0.381 e. The lowest BCUT2D eigenvalue weighted by Crippen LogP contribution is -2.16. The molecule has 4 aliphatic rings. The third-order valence-electron chi connectivity index (χ3n) is 12.7. The van der Waals surface area contributed by atoms with Crippen molar-refractivity contribution in [1.29, 1.82) is 0 Å². The van der Waals surface area contributed by atoms with Crippen LogP contribution in [0.25, 0.3) is 0 Å². The van der Waals surface area contributed by atoms with Crippen LogP contribution in [-0.4, -0.2) is 13.2 Å². The molecule has 2 saturated carbocycles. The van der Waals surface area contributed by atoms with E-state index in [0.29, 0.717) is 0 Å². The van der Waals surface area contributed by atoms with Crippen LogP contribution in [0.4, 0.5) is 0 Å². The van der Waals surface area contributed by atoms with E-state index in [9.17, 15) is 0 Å². The van der Waals surface area contributed by atoms with Gasteiger partial charge in [0.15, 0.2) is 0 Å². The number of rotatable bonds is 20. The van der Waals surface area contributed by atoms with E-state index in [0.717, 1.165) is 48.7 Å². The third-order valence-corrected chi connectivity index (χ3v) is 12.7. The average Bonchev–Trinajstić information content (AvgIpc) is 3.05. The summed E-state index contributed by atoms with van der Waals surface area (Å²) >= 11 is 0. The van der Waals surface area contributed by atoms with Crippen molar-refractivity contribution >= 4 is 0 Å². The Balaban J connectivity index is 0.963. The highest BCUT2D eigenvalue weighted by atomic mass is 16.5. The van der Waals surface area contributed by atoms with Gasteiger partial charge in [0.2, 0.25) is 0 Å². The Hall–Kier alpha value is -0.560. The molecule has 0 aliphatic heterocycles.